The number of anilines is 1. The van der Waals surface area contributed by atoms with Gasteiger partial charge in [0.1, 0.15) is 10.7 Å². The number of carbonyl (C=O) groups excluding carboxylic acids is 1. The highest BCUT2D eigenvalue weighted by Gasteiger charge is 2.29. The van der Waals surface area contributed by atoms with E-state index in [1.807, 2.05) is 0 Å². The molecule has 1 N–H and O–H groups in total. The molecule has 1 aliphatic rings. The molecule has 0 radical (unpaired) electrons. The molecule has 1 aliphatic heterocycles. The number of hydrogen-bond acceptors (Lipinski definition) is 4. The van der Waals surface area contributed by atoms with Gasteiger partial charge in [0.25, 0.3) is 0 Å². The van der Waals surface area contributed by atoms with E-state index in [4.69, 9.17) is 4.74 Å². The maximum atomic E-state index is 14.0. The molecule has 0 saturated carbocycles. The fraction of sp³-hybridized carbons (Fsp3) is 0.500. The molecule has 1 heterocycles. The van der Waals surface area contributed by atoms with Gasteiger partial charge in [0.15, 0.2) is 0 Å². The summed E-state index contributed by atoms with van der Waals surface area (Å²) in [5.41, 5.74) is 0.256. The number of amides is 1. The Morgan fingerprint density at radius 1 is 1.32 bits per heavy atom. The molecule has 1 fully saturated rings. The molecule has 1 saturated heterocycles. The quantitative estimate of drug-likeness (QED) is 0.906. The lowest BCUT2D eigenvalue weighted by atomic mass is 10.2. The largest absolute Gasteiger partial charge is 0.379 e. The first kappa shape index (κ1) is 16.9. The first-order valence-corrected chi connectivity index (χ1v) is 8.44. The minimum atomic E-state index is -3.94. The number of sulfonamides is 1. The molecule has 1 aromatic rings. The van der Waals surface area contributed by atoms with Gasteiger partial charge in [0.05, 0.1) is 13.2 Å². The van der Waals surface area contributed by atoms with Crippen molar-refractivity contribution < 1.29 is 22.3 Å². The summed E-state index contributed by atoms with van der Waals surface area (Å²) in [5.74, 6) is -1.36. The van der Waals surface area contributed by atoms with Crippen molar-refractivity contribution in [1.29, 1.82) is 0 Å². The Bertz CT molecular complexity index is 655. The van der Waals surface area contributed by atoms with Crippen molar-refractivity contribution in [3.05, 3.63) is 24.0 Å². The average Bonchev–Trinajstić information content (AvgIpc) is 2.49. The van der Waals surface area contributed by atoms with Crippen molar-refractivity contribution in [2.24, 2.45) is 5.92 Å². The van der Waals surface area contributed by atoms with Crippen LogP contribution in [-0.4, -0.2) is 44.9 Å². The lowest BCUT2D eigenvalue weighted by Crippen LogP contribution is -2.40. The fourth-order valence-corrected chi connectivity index (χ4v) is 3.49. The van der Waals surface area contributed by atoms with E-state index in [0.717, 1.165) is 12.1 Å². The maximum absolute atomic E-state index is 14.0. The van der Waals surface area contributed by atoms with Gasteiger partial charge < -0.3 is 10.1 Å². The second kappa shape index (κ2) is 6.72. The molecule has 0 aromatic heterocycles. The van der Waals surface area contributed by atoms with Crippen LogP contribution in [0.3, 0.4) is 0 Å². The molecule has 2 rings (SSSR count). The van der Waals surface area contributed by atoms with Crippen LogP contribution in [0.4, 0.5) is 10.1 Å². The summed E-state index contributed by atoms with van der Waals surface area (Å²) >= 11 is 0. The van der Waals surface area contributed by atoms with Crippen LogP contribution in [0.15, 0.2) is 23.1 Å². The Morgan fingerprint density at radius 3 is 2.55 bits per heavy atom. The lowest BCUT2D eigenvalue weighted by Gasteiger charge is -2.26. The Kier molecular flexibility index (Phi) is 5.15. The molecule has 1 aromatic carbocycles. The minimum Gasteiger partial charge on any atom is -0.379 e. The van der Waals surface area contributed by atoms with Crippen molar-refractivity contribution in [3.8, 4) is 0 Å². The number of benzene rings is 1. The monoisotopic (exact) mass is 330 g/mol. The van der Waals surface area contributed by atoms with Crippen molar-refractivity contribution in [3.63, 3.8) is 0 Å². The highest BCUT2D eigenvalue weighted by molar-refractivity contribution is 7.89. The zero-order valence-electron chi connectivity index (χ0n) is 12.5. The van der Waals surface area contributed by atoms with Gasteiger partial charge in [-0.1, -0.05) is 13.8 Å². The molecule has 1 amide bonds. The smallest absolute Gasteiger partial charge is 0.246 e. The van der Waals surface area contributed by atoms with Crippen LogP contribution in [0, 0.1) is 11.7 Å². The van der Waals surface area contributed by atoms with Gasteiger partial charge in [0.2, 0.25) is 15.9 Å². The number of hydrogen-bond donors (Lipinski definition) is 1. The SMILES string of the molecule is CC(C)C(=O)Nc1ccc(F)c(S(=O)(=O)N2CCOCC2)c1. The van der Waals surface area contributed by atoms with E-state index < -0.39 is 20.7 Å². The van der Waals surface area contributed by atoms with E-state index in [2.05, 4.69) is 5.32 Å². The average molecular weight is 330 g/mol. The normalized spacial score (nSPS) is 16.7. The molecule has 0 bridgehead atoms. The molecule has 0 spiro atoms. The second-order valence-electron chi connectivity index (χ2n) is 5.31. The van der Waals surface area contributed by atoms with E-state index >= 15 is 0 Å². The molecule has 0 atom stereocenters. The number of rotatable bonds is 4. The zero-order chi connectivity index (χ0) is 16.3. The van der Waals surface area contributed by atoms with E-state index in [1.54, 1.807) is 13.8 Å². The van der Waals surface area contributed by atoms with Crippen LogP contribution in [-0.2, 0) is 19.6 Å². The standard InChI is InChI=1S/C14H19FN2O4S/c1-10(2)14(18)16-11-3-4-12(15)13(9-11)22(19,20)17-5-7-21-8-6-17/h3-4,9-10H,5-8H2,1-2H3,(H,16,18). The van der Waals surface area contributed by atoms with Gasteiger partial charge in [-0.25, -0.2) is 12.8 Å². The van der Waals surface area contributed by atoms with Crippen molar-refractivity contribution in [2.45, 2.75) is 18.7 Å². The topological polar surface area (TPSA) is 75.7 Å². The fourth-order valence-electron chi connectivity index (χ4n) is 1.99. The van der Waals surface area contributed by atoms with Crippen LogP contribution in [0.1, 0.15) is 13.8 Å². The summed E-state index contributed by atoms with van der Waals surface area (Å²) in [4.78, 5) is 11.2. The third kappa shape index (κ3) is 3.63. The molecule has 0 aliphatic carbocycles. The van der Waals surface area contributed by atoms with Crippen LogP contribution in [0.5, 0.6) is 0 Å². The molecular weight excluding hydrogens is 311 g/mol. The number of nitrogens with zero attached hydrogens (tertiary/aromatic N) is 1. The number of halogens is 1. The number of ether oxygens (including phenoxy) is 1. The predicted molar refractivity (Wildman–Crippen MR) is 79.4 cm³/mol. The van der Waals surface area contributed by atoms with Crippen LogP contribution < -0.4 is 5.32 Å². The summed E-state index contributed by atoms with van der Waals surface area (Å²) in [6.07, 6.45) is 0. The van der Waals surface area contributed by atoms with E-state index in [0.29, 0.717) is 0 Å². The third-order valence-corrected chi connectivity index (χ3v) is 5.22. The number of carbonyl (C=O) groups is 1. The summed E-state index contributed by atoms with van der Waals surface area (Å²) in [7, 11) is -3.94. The van der Waals surface area contributed by atoms with E-state index in [1.165, 1.54) is 10.4 Å². The van der Waals surface area contributed by atoms with Gasteiger partial charge in [0, 0.05) is 24.7 Å². The molecule has 22 heavy (non-hydrogen) atoms. The van der Waals surface area contributed by atoms with Crippen molar-refractivity contribution >= 4 is 21.6 Å². The number of morpholine rings is 1. The first-order valence-electron chi connectivity index (χ1n) is 7.00. The van der Waals surface area contributed by atoms with Gasteiger partial charge in [-0.15, -0.1) is 0 Å². The summed E-state index contributed by atoms with van der Waals surface area (Å²) in [6.45, 7) is 4.36. The minimum absolute atomic E-state index is 0.185. The molecule has 0 unspecified atom stereocenters. The molecule has 8 heteroatoms. The molecular formula is C14H19FN2O4S. The Labute approximate surface area is 129 Å². The van der Waals surface area contributed by atoms with Crippen LogP contribution >= 0.6 is 0 Å². The Balaban J connectivity index is 2.31. The second-order valence-corrected chi connectivity index (χ2v) is 7.21. The summed E-state index contributed by atoms with van der Waals surface area (Å²) in [6, 6.07) is 3.54. The Morgan fingerprint density at radius 2 is 1.95 bits per heavy atom. The van der Waals surface area contributed by atoms with Crippen LogP contribution in [0.25, 0.3) is 0 Å². The highest BCUT2D eigenvalue weighted by atomic mass is 32.2. The Hall–Kier alpha value is -1.51. The van der Waals surface area contributed by atoms with E-state index in [-0.39, 0.29) is 43.8 Å². The van der Waals surface area contributed by atoms with Gasteiger partial charge in [-0.05, 0) is 18.2 Å². The molecule has 6 nitrogen and oxygen atoms in total. The third-order valence-electron chi connectivity index (χ3n) is 3.31. The summed E-state index contributed by atoms with van der Waals surface area (Å²) < 4.78 is 45.3. The zero-order valence-corrected chi connectivity index (χ0v) is 13.3. The van der Waals surface area contributed by atoms with Crippen molar-refractivity contribution in [2.75, 3.05) is 31.6 Å². The van der Waals surface area contributed by atoms with Gasteiger partial charge in [-0.2, -0.15) is 4.31 Å². The highest BCUT2D eigenvalue weighted by Crippen LogP contribution is 2.24. The van der Waals surface area contributed by atoms with E-state index in [9.17, 15) is 17.6 Å². The lowest BCUT2D eigenvalue weighted by molar-refractivity contribution is -0.118. The summed E-state index contributed by atoms with van der Waals surface area (Å²) in [5, 5.41) is 2.57. The van der Waals surface area contributed by atoms with Gasteiger partial charge >= 0.3 is 0 Å². The maximum Gasteiger partial charge on any atom is 0.246 e. The van der Waals surface area contributed by atoms with Crippen LogP contribution in [0.2, 0.25) is 0 Å². The van der Waals surface area contributed by atoms with Gasteiger partial charge in [-0.3, -0.25) is 4.79 Å². The molecule has 122 valence electrons. The number of nitrogens with one attached hydrogen (secondary N) is 1. The van der Waals surface area contributed by atoms with Crippen molar-refractivity contribution in [1.82, 2.24) is 4.31 Å². The predicted octanol–water partition coefficient (Wildman–Crippen LogP) is 1.44. The first-order chi connectivity index (χ1) is 10.3.